The average molecular weight is 268 g/mol. The minimum absolute atomic E-state index is 0.315. The molecule has 1 rings (SSSR count). The normalized spacial score (nSPS) is 12.9. The lowest BCUT2D eigenvalue weighted by atomic mass is 10.2. The molecule has 0 aliphatic carbocycles. The first kappa shape index (κ1) is 15.3. The zero-order chi connectivity index (χ0) is 13.5. The van der Waals surface area contributed by atoms with E-state index in [-0.39, 0.29) is 0 Å². The summed E-state index contributed by atoms with van der Waals surface area (Å²) < 4.78 is 12.4. The highest BCUT2D eigenvalue weighted by Gasteiger charge is 2.16. The van der Waals surface area contributed by atoms with E-state index < -0.39 is 10.8 Å². The van der Waals surface area contributed by atoms with Crippen molar-refractivity contribution in [1.29, 1.82) is 0 Å². The van der Waals surface area contributed by atoms with Gasteiger partial charge in [0.25, 0.3) is 0 Å². The van der Waals surface area contributed by atoms with Gasteiger partial charge in [-0.15, -0.1) is 0 Å². The first-order chi connectivity index (χ1) is 8.56. The molecule has 18 heavy (non-hydrogen) atoms. The maximum absolute atomic E-state index is 12.4. The smallest absolute Gasteiger partial charge is 0.125 e. The highest BCUT2D eigenvalue weighted by Crippen LogP contribution is 2.15. The minimum atomic E-state index is -0.815. The molecule has 0 radical (unpaired) electrons. The van der Waals surface area contributed by atoms with Crippen molar-refractivity contribution in [2.45, 2.75) is 64.4 Å². The monoisotopic (exact) mass is 268 g/mol. The van der Waals surface area contributed by atoms with Gasteiger partial charge in [0.2, 0.25) is 0 Å². The molecular formula is C14H24N2OS. The Hall–Kier alpha value is -0.770. The van der Waals surface area contributed by atoms with Crippen LogP contribution in [0.25, 0.3) is 0 Å². The van der Waals surface area contributed by atoms with Gasteiger partial charge in [0.05, 0.1) is 11.4 Å². The fraction of sp³-hybridized carbons (Fsp3) is 0.714. The molecule has 0 aromatic carbocycles. The zero-order valence-electron chi connectivity index (χ0n) is 11.9. The van der Waals surface area contributed by atoms with E-state index in [2.05, 4.69) is 23.8 Å². The molecular weight excluding hydrogens is 244 g/mol. The fourth-order valence-electron chi connectivity index (χ4n) is 2.18. The minimum Gasteiger partial charge on any atom is -0.259 e. The van der Waals surface area contributed by atoms with Crippen LogP contribution < -0.4 is 0 Å². The third kappa shape index (κ3) is 4.84. The fourth-order valence-corrected chi connectivity index (χ4v) is 3.85. The van der Waals surface area contributed by atoms with Crippen molar-refractivity contribution >= 4 is 10.8 Å². The molecule has 0 fully saturated rings. The summed E-state index contributed by atoms with van der Waals surface area (Å²) in [6.45, 7) is 8.14. The van der Waals surface area contributed by atoms with Gasteiger partial charge in [0, 0.05) is 21.7 Å². The van der Waals surface area contributed by atoms with Crippen LogP contribution in [-0.4, -0.2) is 19.4 Å². The highest BCUT2D eigenvalue weighted by molar-refractivity contribution is 7.84. The summed E-state index contributed by atoms with van der Waals surface area (Å²) in [6.07, 6.45) is 4.28. The number of hydrogen-bond acceptors (Lipinski definition) is 3. The summed E-state index contributed by atoms with van der Waals surface area (Å²) in [5, 5.41) is 0.315. The Morgan fingerprint density at radius 3 is 2.28 bits per heavy atom. The number of hydrogen-bond donors (Lipinski definition) is 0. The molecule has 0 saturated carbocycles. The van der Waals surface area contributed by atoms with Crippen LogP contribution >= 0.6 is 0 Å². The van der Waals surface area contributed by atoms with Crippen LogP contribution in [0.1, 0.15) is 56.7 Å². The van der Waals surface area contributed by atoms with Crippen LogP contribution in [-0.2, 0) is 16.6 Å². The number of aromatic nitrogens is 2. The molecule has 1 atom stereocenters. The van der Waals surface area contributed by atoms with Crippen LogP contribution in [0.4, 0.5) is 0 Å². The molecule has 1 aromatic heterocycles. The molecule has 0 aliphatic heterocycles. The Bertz CT molecular complexity index is 381. The maximum atomic E-state index is 12.4. The van der Waals surface area contributed by atoms with Crippen LogP contribution in [0.2, 0.25) is 0 Å². The molecule has 3 nitrogen and oxygen atoms in total. The van der Waals surface area contributed by atoms with Gasteiger partial charge in [-0.1, -0.05) is 26.7 Å². The summed E-state index contributed by atoms with van der Waals surface area (Å²) in [7, 11) is -0.815. The third-order valence-corrected chi connectivity index (χ3v) is 4.70. The molecule has 1 unspecified atom stereocenters. The molecule has 0 spiro atoms. The van der Waals surface area contributed by atoms with Crippen molar-refractivity contribution in [2.24, 2.45) is 0 Å². The first-order valence-corrected chi connectivity index (χ1v) is 8.13. The largest absolute Gasteiger partial charge is 0.259 e. The van der Waals surface area contributed by atoms with Gasteiger partial charge in [-0.05, 0) is 32.8 Å². The molecule has 0 amide bonds. The molecule has 1 aromatic rings. The molecule has 0 bridgehead atoms. The second-order valence-corrected chi connectivity index (χ2v) is 6.49. The Kier molecular flexibility index (Phi) is 6.47. The molecule has 0 aliphatic rings. The van der Waals surface area contributed by atoms with Gasteiger partial charge in [-0.25, -0.2) is 9.97 Å². The van der Waals surface area contributed by atoms with E-state index in [1.807, 2.05) is 19.9 Å². The Morgan fingerprint density at radius 1 is 1.17 bits per heavy atom. The van der Waals surface area contributed by atoms with Crippen LogP contribution in [0, 0.1) is 13.8 Å². The summed E-state index contributed by atoms with van der Waals surface area (Å²) in [5.74, 6) is 1.33. The number of rotatable bonds is 7. The molecule has 1 heterocycles. The molecule has 102 valence electrons. The van der Waals surface area contributed by atoms with Crippen molar-refractivity contribution in [3.63, 3.8) is 0 Å². The van der Waals surface area contributed by atoms with Gasteiger partial charge in [-0.3, -0.25) is 4.21 Å². The van der Waals surface area contributed by atoms with Crippen molar-refractivity contribution in [3.05, 3.63) is 23.3 Å². The van der Waals surface area contributed by atoms with E-state index in [0.717, 1.165) is 42.9 Å². The Morgan fingerprint density at radius 2 is 1.78 bits per heavy atom. The lowest BCUT2D eigenvalue weighted by molar-refractivity contribution is 0.622. The molecule has 0 N–H and O–H groups in total. The topological polar surface area (TPSA) is 42.9 Å². The van der Waals surface area contributed by atoms with Crippen molar-refractivity contribution in [2.75, 3.05) is 0 Å². The lowest BCUT2D eigenvalue weighted by Crippen LogP contribution is -2.17. The summed E-state index contributed by atoms with van der Waals surface area (Å²) >= 11 is 0. The van der Waals surface area contributed by atoms with E-state index in [1.165, 1.54) is 0 Å². The van der Waals surface area contributed by atoms with Crippen LogP contribution in [0.15, 0.2) is 6.07 Å². The second-order valence-electron chi connectivity index (χ2n) is 4.77. The quantitative estimate of drug-likeness (QED) is 0.762. The first-order valence-electron chi connectivity index (χ1n) is 6.75. The summed E-state index contributed by atoms with van der Waals surface area (Å²) in [5.41, 5.74) is 1.87. The van der Waals surface area contributed by atoms with Crippen LogP contribution in [0.5, 0.6) is 0 Å². The SMILES string of the molecule is CCCC(CCC)S(=O)Cc1cc(C)nc(C)n1. The lowest BCUT2D eigenvalue weighted by Gasteiger charge is -2.14. The van der Waals surface area contributed by atoms with Gasteiger partial charge >= 0.3 is 0 Å². The number of aryl methyl sites for hydroxylation is 2. The van der Waals surface area contributed by atoms with Gasteiger partial charge in [0.15, 0.2) is 0 Å². The van der Waals surface area contributed by atoms with Crippen molar-refractivity contribution < 1.29 is 4.21 Å². The standard InChI is InChI=1S/C14H24N2OS/c1-5-7-14(8-6-2)18(17)10-13-9-11(3)15-12(4)16-13/h9,14H,5-8,10H2,1-4H3. The van der Waals surface area contributed by atoms with Gasteiger partial charge in [0.1, 0.15) is 5.82 Å². The maximum Gasteiger partial charge on any atom is 0.125 e. The highest BCUT2D eigenvalue weighted by atomic mass is 32.2. The number of nitrogens with zero attached hydrogens (tertiary/aromatic N) is 2. The zero-order valence-corrected chi connectivity index (χ0v) is 12.7. The molecule has 4 heteroatoms. The Balaban J connectivity index is 2.72. The average Bonchev–Trinajstić information content (AvgIpc) is 2.27. The van der Waals surface area contributed by atoms with Gasteiger partial charge < -0.3 is 0 Å². The third-order valence-electron chi connectivity index (χ3n) is 2.90. The van der Waals surface area contributed by atoms with E-state index in [9.17, 15) is 4.21 Å². The van der Waals surface area contributed by atoms with Crippen LogP contribution in [0.3, 0.4) is 0 Å². The van der Waals surface area contributed by atoms with E-state index >= 15 is 0 Å². The predicted octanol–water partition coefficient (Wildman–Crippen LogP) is 3.31. The molecule has 0 saturated heterocycles. The Labute approximate surface area is 113 Å². The van der Waals surface area contributed by atoms with Crippen molar-refractivity contribution in [1.82, 2.24) is 9.97 Å². The van der Waals surface area contributed by atoms with Gasteiger partial charge in [-0.2, -0.15) is 0 Å². The predicted molar refractivity (Wildman–Crippen MR) is 77.0 cm³/mol. The summed E-state index contributed by atoms with van der Waals surface area (Å²) in [6, 6.07) is 1.94. The second kappa shape index (κ2) is 7.62. The van der Waals surface area contributed by atoms with E-state index in [4.69, 9.17) is 0 Å². The van der Waals surface area contributed by atoms with Crippen molar-refractivity contribution in [3.8, 4) is 0 Å². The van der Waals surface area contributed by atoms with E-state index in [0.29, 0.717) is 11.0 Å². The van der Waals surface area contributed by atoms with E-state index in [1.54, 1.807) is 0 Å². The summed E-state index contributed by atoms with van der Waals surface area (Å²) in [4.78, 5) is 8.62.